The summed E-state index contributed by atoms with van der Waals surface area (Å²) in [6.07, 6.45) is 3.01. The van der Waals surface area contributed by atoms with Crippen LogP contribution in [0.4, 0.5) is 0 Å². The second-order valence-corrected chi connectivity index (χ2v) is 7.15. The number of hydrogen-bond donors (Lipinski definition) is 2. The maximum Gasteiger partial charge on any atom is 0.243 e. The SMILES string of the molecule is CC(C)NC(=O)[C@@H]1C[C@H](N)CN1C(=O)CCc1nc2cccnc2n1C. The van der Waals surface area contributed by atoms with Crippen molar-refractivity contribution in [2.45, 2.75) is 51.2 Å². The largest absolute Gasteiger partial charge is 0.352 e. The number of likely N-dealkylation sites (tertiary alicyclic amines) is 1. The Labute approximate surface area is 152 Å². The Morgan fingerprint density at radius 1 is 1.42 bits per heavy atom. The van der Waals surface area contributed by atoms with Crippen LogP contribution >= 0.6 is 0 Å². The van der Waals surface area contributed by atoms with Crippen LogP contribution in [0.3, 0.4) is 0 Å². The maximum atomic E-state index is 12.7. The van der Waals surface area contributed by atoms with Gasteiger partial charge >= 0.3 is 0 Å². The van der Waals surface area contributed by atoms with E-state index in [0.29, 0.717) is 19.4 Å². The molecule has 8 heteroatoms. The van der Waals surface area contributed by atoms with E-state index in [4.69, 9.17) is 5.73 Å². The molecule has 26 heavy (non-hydrogen) atoms. The Hall–Kier alpha value is -2.48. The zero-order valence-corrected chi connectivity index (χ0v) is 15.5. The molecule has 140 valence electrons. The third kappa shape index (κ3) is 3.70. The van der Waals surface area contributed by atoms with E-state index in [1.54, 1.807) is 11.1 Å². The van der Waals surface area contributed by atoms with Gasteiger partial charge < -0.3 is 20.5 Å². The molecule has 2 aromatic heterocycles. The standard InChI is InChI=1S/C18H26N6O2/c1-11(2)21-18(26)14-9-12(19)10-24(14)16(25)7-6-15-22-13-5-4-8-20-17(13)23(15)3/h4-5,8,11-12,14H,6-7,9-10,19H2,1-3H3,(H,21,26)/t12-,14-/m0/s1. The van der Waals surface area contributed by atoms with Crippen molar-refractivity contribution >= 4 is 23.0 Å². The maximum absolute atomic E-state index is 12.7. The molecular formula is C18H26N6O2. The van der Waals surface area contributed by atoms with Gasteiger partial charge in [-0.05, 0) is 32.4 Å². The van der Waals surface area contributed by atoms with Crippen molar-refractivity contribution in [3.05, 3.63) is 24.2 Å². The molecule has 1 saturated heterocycles. The van der Waals surface area contributed by atoms with Crippen molar-refractivity contribution in [1.82, 2.24) is 24.8 Å². The van der Waals surface area contributed by atoms with Gasteiger partial charge in [0.15, 0.2) is 5.65 Å². The van der Waals surface area contributed by atoms with E-state index in [1.165, 1.54) is 0 Å². The molecule has 0 spiro atoms. The van der Waals surface area contributed by atoms with Gasteiger partial charge in [0.2, 0.25) is 11.8 Å². The van der Waals surface area contributed by atoms with E-state index < -0.39 is 6.04 Å². The molecule has 3 N–H and O–H groups in total. The van der Waals surface area contributed by atoms with Gasteiger partial charge in [-0.3, -0.25) is 9.59 Å². The molecule has 0 saturated carbocycles. The number of hydrogen-bond acceptors (Lipinski definition) is 5. The highest BCUT2D eigenvalue weighted by atomic mass is 16.2. The molecule has 1 fully saturated rings. The van der Waals surface area contributed by atoms with E-state index in [1.807, 2.05) is 37.6 Å². The third-order valence-corrected chi connectivity index (χ3v) is 4.67. The number of carbonyl (C=O) groups is 2. The zero-order chi connectivity index (χ0) is 18.8. The topological polar surface area (TPSA) is 106 Å². The molecule has 0 aliphatic carbocycles. The lowest BCUT2D eigenvalue weighted by Gasteiger charge is -2.24. The highest BCUT2D eigenvalue weighted by molar-refractivity contribution is 5.88. The summed E-state index contributed by atoms with van der Waals surface area (Å²) in [5.41, 5.74) is 7.62. The summed E-state index contributed by atoms with van der Waals surface area (Å²) in [7, 11) is 1.90. The van der Waals surface area contributed by atoms with E-state index >= 15 is 0 Å². The van der Waals surface area contributed by atoms with Crippen LogP contribution in [-0.2, 0) is 23.1 Å². The first-order valence-electron chi connectivity index (χ1n) is 8.98. The summed E-state index contributed by atoms with van der Waals surface area (Å²) in [6, 6.07) is 3.13. The van der Waals surface area contributed by atoms with Gasteiger partial charge in [0, 0.05) is 44.7 Å². The average Bonchev–Trinajstić information content (AvgIpc) is 3.13. The highest BCUT2D eigenvalue weighted by Gasteiger charge is 2.38. The van der Waals surface area contributed by atoms with E-state index in [-0.39, 0.29) is 30.3 Å². The fourth-order valence-electron chi connectivity index (χ4n) is 3.43. The predicted molar refractivity (Wildman–Crippen MR) is 98.2 cm³/mol. The van der Waals surface area contributed by atoms with Gasteiger partial charge in [0.25, 0.3) is 0 Å². The van der Waals surface area contributed by atoms with Crippen molar-refractivity contribution < 1.29 is 9.59 Å². The van der Waals surface area contributed by atoms with Crippen molar-refractivity contribution in [3.8, 4) is 0 Å². The van der Waals surface area contributed by atoms with Gasteiger partial charge in [-0.25, -0.2) is 9.97 Å². The molecule has 2 aromatic rings. The molecule has 0 radical (unpaired) electrons. The number of fused-ring (bicyclic) bond motifs is 1. The normalized spacial score (nSPS) is 20.1. The van der Waals surface area contributed by atoms with E-state index in [2.05, 4.69) is 15.3 Å². The predicted octanol–water partition coefficient (Wildman–Crippen LogP) is 0.354. The number of rotatable bonds is 5. The van der Waals surface area contributed by atoms with Gasteiger partial charge in [0.05, 0.1) is 0 Å². The second-order valence-electron chi connectivity index (χ2n) is 7.15. The minimum absolute atomic E-state index is 0.0313. The lowest BCUT2D eigenvalue weighted by molar-refractivity contribution is -0.138. The summed E-state index contributed by atoms with van der Waals surface area (Å²) in [5.74, 6) is 0.605. The summed E-state index contributed by atoms with van der Waals surface area (Å²) < 4.78 is 1.90. The summed E-state index contributed by atoms with van der Waals surface area (Å²) in [6.45, 7) is 4.22. The lowest BCUT2D eigenvalue weighted by Crippen LogP contribution is -2.47. The van der Waals surface area contributed by atoms with Gasteiger partial charge in [-0.15, -0.1) is 0 Å². The van der Waals surface area contributed by atoms with Gasteiger partial charge in [0.1, 0.15) is 17.4 Å². The second kappa shape index (κ2) is 7.41. The van der Waals surface area contributed by atoms with Crippen LogP contribution in [0.1, 0.15) is 32.5 Å². The monoisotopic (exact) mass is 358 g/mol. The molecule has 3 rings (SSSR count). The fraction of sp³-hybridized carbons (Fsp3) is 0.556. The molecule has 1 aliphatic heterocycles. The average molecular weight is 358 g/mol. The first-order chi connectivity index (χ1) is 12.4. The number of pyridine rings is 1. The first-order valence-corrected chi connectivity index (χ1v) is 8.98. The number of nitrogens with one attached hydrogen (secondary N) is 1. The summed E-state index contributed by atoms with van der Waals surface area (Å²) >= 11 is 0. The molecule has 2 atom stereocenters. The molecule has 2 amide bonds. The van der Waals surface area contributed by atoms with Crippen LogP contribution in [0.2, 0.25) is 0 Å². The Balaban J connectivity index is 1.68. The Morgan fingerprint density at radius 2 is 2.19 bits per heavy atom. The number of imidazole rings is 1. The van der Waals surface area contributed by atoms with Crippen LogP contribution in [0.25, 0.3) is 11.2 Å². The highest BCUT2D eigenvalue weighted by Crippen LogP contribution is 2.20. The van der Waals surface area contributed by atoms with Crippen molar-refractivity contribution in [1.29, 1.82) is 0 Å². The molecular weight excluding hydrogens is 332 g/mol. The fourth-order valence-corrected chi connectivity index (χ4v) is 3.43. The Bertz CT molecular complexity index is 815. The Morgan fingerprint density at radius 3 is 2.88 bits per heavy atom. The molecule has 0 bridgehead atoms. The van der Waals surface area contributed by atoms with Crippen molar-refractivity contribution in [2.24, 2.45) is 12.8 Å². The van der Waals surface area contributed by atoms with Crippen LogP contribution in [-0.4, -0.2) is 55.9 Å². The van der Waals surface area contributed by atoms with Gasteiger partial charge in [-0.2, -0.15) is 0 Å². The smallest absolute Gasteiger partial charge is 0.243 e. The molecule has 0 aromatic carbocycles. The molecule has 8 nitrogen and oxygen atoms in total. The first kappa shape index (κ1) is 18.3. The Kier molecular flexibility index (Phi) is 5.22. The van der Waals surface area contributed by atoms with Crippen LogP contribution in [0, 0.1) is 0 Å². The minimum Gasteiger partial charge on any atom is -0.352 e. The van der Waals surface area contributed by atoms with E-state index in [0.717, 1.165) is 17.0 Å². The van der Waals surface area contributed by atoms with Crippen molar-refractivity contribution in [3.63, 3.8) is 0 Å². The van der Waals surface area contributed by atoms with Gasteiger partial charge in [-0.1, -0.05) is 0 Å². The number of nitrogens with two attached hydrogens (primary N) is 1. The number of aryl methyl sites for hydroxylation is 2. The molecule has 3 heterocycles. The van der Waals surface area contributed by atoms with Crippen molar-refractivity contribution in [2.75, 3.05) is 6.54 Å². The molecule has 1 aliphatic rings. The van der Waals surface area contributed by atoms with Crippen LogP contribution < -0.4 is 11.1 Å². The minimum atomic E-state index is -0.484. The number of aromatic nitrogens is 3. The number of carbonyl (C=O) groups excluding carboxylic acids is 2. The third-order valence-electron chi connectivity index (χ3n) is 4.67. The van der Waals surface area contributed by atoms with Crippen LogP contribution in [0.15, 0.2) is 18.3 Å². The number of nitrogens with zero attached hydrogens (tertiary/aromatic N) is 4. The lowest BCUT2D eigenvalue weighted by atomic mass is 10.1. The summed E-state index contributed by atoms with van der Waals surface area (Å²) in [5, 5.41) is 2.88. The summed E-state index contributed by atoms with van der Waals surface area (Å²) in [4.78, 5) is 35.6. The van der Waals surface area contributed by atoms with Crippen LogP contribution in [0.5, 0.6) is 0 Å². The number of amides is 2. The van der Waals surface area contributed by atoms with E-state index in [9.17, 15) is 9.59 Å². The molecule has 0 unspecified atom stereocenters. The zero-order valence-electron chi connectivity index (χ0n) is 15.5. The quantitative estimate of drug-likeness (QED) is 0.802.